The average Bonchev–Trinajstić information content (AvgIpc) is 2.41. The molecule has 0 aromatic heterocycles. The molecule has 1 atom stereocenters. The molecule has 0 aromatic carbocycles. The summed E-state index contributed by atoms with van der Waals surface area (Å²) in [6.45, 7) is 4.00. The van der Waals surface area contributed by atoms with E-state index in [1.807, 2.05) is 26.0 Å². The zero-order valence-electron chi connectivity index (χ0n) is 11.8. The number of allylic oxidation sites excluding steroid dienone is 4. The smallest absolute Gasteiger partial charge is 0.168 e. The minimum absolute atomic E-state index is 0.0643. The average molecular weight is 298 g/mol. The topological polar surface area (TPSA) is 58.9 Å². The van der Waals surface area contributed by atoms with Gasteiger partial charge < -0.3 is 9.94 Å². The fourth-order valence-electron chi connectivity index (χ4n) is 2.14. The molecule has 0 saturated carbocycles. The summed E-state index contributed by atoms with van der Waals surface area (Å²) >= 11 is 5.37. The predicted molar refractivity (Wildman–Crippen MR) is 80.9 cm³/mol. The van der Waals surface area contributed by atoms with Crippen molar-refractivity contribution in [3.05, 3.63) is 35.1 Å². The van der Waals surface area contributed by atoms with Gasteiger partial charge >= 0.3 is 0 Å². The minimum atomic E-state index is -0.0889. The monoisotopic (exact) mass is 297 g/mol. The zero-order valence-corrected chi connectivity index (χ0v) is 12.6. The molecule has 0 bridgehead atoms. The van der Waals surface area contributed by atoms with Crippen molar-refractivity contribution < 1.29 is 14.7 Å². The van der Waals surface area contributed by atoms with Gasteiger partial charge in [0.1, 0.15) is 12.4 Å². The first kappa shape index (κ1) is 16.5. The maximum Gasteiger partial charge on any atom is 0.168 e. The van der Waals surface area contributed by atoms with Crippen molar-refractivity contribution in [2.75, 3.05) is 6.61 Å². The lowest BCUT2D eigenvalue weighted by atomic mass is 9.84. The number of aliphatic hydroxyl groups excluding tert-OH is 1. The molecule has 4 nitrogen and oxygen atoms in total. The first-order valence-corrected chi connectivity index (χ1v) is 7.10. The summed E-state index contributed by atoms with van der Waals surface area (Å²) in [5.41, 5.74) is 2.13. The van der Waals surface area contributed by atoms with Crippen LogP contribution in [-0.2, 0) is 9.63 Å². The van der Waals surface area contributed by atoms with Crippen LogP contribution in [-0.4, -0.2) is 23.2 Å². The quantitative estimate of drug-likeness (QED) is 0.350. The van der Waals surface area contributed by atoms with Gasteiger partial charge in [-0.3, -0.25) is 4.79 Å². The van der Waals surface area contributed by atoms with Crippen LogP contribution >= 0.6 is 11.6 Å². The van der Waals surface area contributed by atoms with Crippen molar-refractivity contribution in [3.8, 4) is 0 Å². The second-order valence-electron chi connectivity index (χ2n) is 4.49. The number of carbonyl (C=O) groups excluding carboxylic acids is 1. The van der Waals surface area contributed by atoms with Gasteiger partial charge in [-0.25, -0.2) is 0 Å². The van der Waals surface area contributed by atoms with Crippen LogP contribution in [0, 0.1) is 5.92 Å². The minimum Gasteiger partial charge on any atom is -0.511 e. The highest BCUT2D eigenvalue weighted by Gasteiger charge is 2.29. The van der Waals surface area contributed by atoms with Gasteiger partial charge in [-0.2, -0.15) is 0 Å². The molecule has 0 heterocycles. The third-order valence-corrected chi connectivity index (χ3v) is 3.17. The Hall–Kier alpha value is -1.55. The van der Waals surface area contributed by atoms with Crippen molar-refractivity contribution in [2.24, 2.45) is 11.1 Å². The molecular weight excluding hydrogens is 278 g/mol. The van der Waals surface area contributed by atoms with E-state index in [4.69, 9.17) is 16.4 Å². The molecule has 0 aliphatic heterocycles. The Morgan fingerprint density at radius 1 is 1.55 bits per heavy atom. The SMILES string of the molecule is C/C=C/C1CC(=O)C(/C(CC)=N/OC/C=C/Cl)=C(O)C1. The van der Waals surface area contributed by atoms with Crippen LogP contribution in [0.25, 0.3) is 0 Å². The number of nitrogens with zero attached hydrogens (tertiary/aromatic N) is 1. The maximum absolute atomic E-state index is 12.2. The normalized spacial score (nSPS) is 21.2. The molecule has 0 aromatic rings. The Bertz CT molecular complexity index is 464. The zero-order chi connectivity index (χ0) is 15.0. The van der Waals surface area contributed by atoms with Crippen molar-refractivity contribution in [1.29, 1.82) is 0 Å². The van der Waals surface area contributed by atoms with Gasteiger partial charge in [0.05, 0.1) is 11.3 Å². The number of ketones is 1. The number of carbonyl (C=O) groups is 1. The molecule has 1 aliphatic carbocycles. The van der Waals surface area contributed by atoms with Crippen LogP contribution in [0.3, 0.4) is 0 Å². The molecule has 110 valence electrons. The lowest BCUT2D eigenvalue weighted by molar-refractivity contribution is -0.116. The van der Waals surface area contributed by atoms with Gasteiger partial charge in [0.15, 0.2) is 5.78 Å². The number of Topliss-reactive ketones (excluding diaryl/α,β-unsaturated/α-hetero) is 1. The van der Waals surface area contributed by atoms with Crippen molar-refractivity contribution in [2.45, 2.75) is 33.1 Å². The van der Waals surface area contributed by atoms with E-state index in [1.165, 1.54) is 5.54 Å². The molecule has 1 rings (SSSR count). The van der Waals surface area contributed by atoms with E-state index >= 15 is 0 Å². The predicted octanol–water partition coefficient (Wildman–Crippen LogP) is 3.89. The summed E-state index contributed by atoms with van der Waals surface area (Å²) in [5.74, 6) is 0.0739. The second kappa shape index (κ2) is 8.59. The summed E-state index contributed by atoms with van der Waals surface area (Å²) in [7, 11) is 0. The number of aliphatic hydroxyl groups is 1. The van der Waals surface area contributed by atoms with Crippen LogP contribution in [0.4, 0.5) is 0 Å². The van der Waals surface area contributed by atoms with Crippen molar-refractivity contribution in [3.63, 3.8) is 0 Å². The number of oxime groups is 1. The van der Waals surface area contributed by atoms with Crippen LogP contribution in [0.15, 0.2) is 40.3 Å². The number of hydrogen-bond donors (Lipinski definition) is 1. The Labute approximate surface area is 124 Å². The lowest BCUT2D eigenvalue weighted by Crippen LogP contribution is -2.23. The van der Waals surface area contributed by atoms with Crippen LogP contribution in [0.5, 0.6) is 0 Å². The molecule has 0 saturated heterocycles. The standard InChI is InChI=1S/C15H20ClNO3/c1-3-6-11-9-13(18)15(14(19)10-11)12(4-2)17-20-8-5-7-16/h3,5-7,11,18H,4,8-10H2,1-2H3/b6-3+,7-5+,17-12+. The number of rotatable bonds is 6. The Kier molecular flexibility index (Phi) is 7.09. The van der Waals surface area contributed by atoms with Crippen LogP contribution in [0.1, 0.15) is 33.1 Å². The summed E-state index contributed by atoms with van der Waals surface area (Å²) in [4.78, 5) is 17.2. The third kappa shape index (κ3) is 4.53. The Balaban J connectivity index is 2.90. The molecule has 0 amide bonds. The van der Waals surface area contributed by atoms with E-state index in [1.54, 1.807) is 6.08 Å². The summed E-state index contributed by atoms with van der Waals surface area (Å²) in [6, 6.07) is 0. The van der Waals surface area contributed by atoms with E-state index in [0.717, 1.165) is 0 Å². The van der Waals surface area contributed by atoms with Gasteiger partial charge in [-0.1, -0.05) is 35.8 Å². The van der Waals surface area contributed by atoms with E-state index in [9.17, 15) is 9.90 Å². The first-order valence-electron chi connectivity index (χ1n) is 6.66. The molecular formula is C15H20ClNO3. The molecule has 1 N–H and O–H groups in total. The molecule has 1 aliphatic rings. The van der Waals surface area contributed by atoms with Crippen LogP contribution in [0.2, 0.25) is 0 Å². The van der Waals surface area contributed by atoms with E-state index in [0.29, 0.717) is 30.5 Å². The first-order chi connectivity index (χ1) is 9.63. The molecule has 0 fully saturated rings. The third-order valence-electron chi connectivity index (χ3n) is 2.99. The van der Waals surface area contributed by atoms with Gasteiger partial charge in [-0.15, -0.1) is 0 Å². The largest absolute Gasteiger partial charge is 0.511 e. The van der Waals surface area contributed by atoms with Gasteiger partial charge in [-0.05, 0) is 25.3 Å². The van der Waals surface area contributed by atoms with E-state index in [2.05, 4.69) is 5.16 Å². The van der Waals surface area contributed by atoms with E-state index < -0.39 is 0 Å². The molecule has 5 heteroatoms. The lowest BCUT2D eigenvalue weighted by Gasteiger charge is -2.21. The summed E-state index contributed by atoms with van der Waals surface area (Å²) in [5, 5.41) is 14.0. The fraction of sp³-hybridized carbons (Fsp3) is 0.467. The van der Waals surface area contributed by atoms with Crippen molar-refractivity contribution in [1.82, 2.24) is 0 Å². The Morgan fingerprint density at radius 3 is 2.85 bits per heavy atom. The Morgan fingerprint density at radius 2 is 2.30 bits per heavy atom. The van der Waals surface area contributed by atoms with Gasteiger partial charge in [0, 0.05) is 18.4 Å². The molecule has 20 heavy (non-hydrogen) atoms. The highest BCUT2D eigenvalue weighted by Crippen LogP contribution is 2.28. The summed E-state index contributed by atoms with van der Waals surface area (Å²) in [6.07, 6.45) is 6.81. The molecule has 0 radical (unpaired) electrons. The van der Waals surface area contributed by atoms with E-state index in [-0.39, 0.29) is 24.1 Å². The highest BCUT2D eigenvalue weighted by atomic mass is 35.5. The van der Waals surface area contributed by atoms with Gasteiger partial charge in [0.2, 0.25) is 0 Å². The molecule has 0 spiro atoms. The van der Waals surface area contributed by atoms with Crippen molar-refractivity contribution >= 4 is 23.1 Å². The van der Waals surface area contributed by atoms with Gasteiger partial charge in [0.25, 0.3) is 0 Å². The number of halogens is 1. The number of hydrogen-bond acceptors (Lipinski definition) is 4. The van der Waals surface area contributed by atoms with Crippen LogP contribution < -0.4 is 0 Å². The molecule has 1 unspecified atom stereocenters. The summed E-state index contributed by atoms with van der Waals surface area (Å²) < 4.78 is 0. The second-order valence-corrected chi connectivity index (χ2v) is 4.74. The maximum atomic E-state index is 12.2. The fourth-order valence-corrected chi connectivity index (χ4v) is 2.21. The highest BCUT2D eigenvalue weighted by molar-refractivity contribution is 6.25.